The van der Waals surface area contributed by atoms with Gasteiger partial charge < -0.3 is 15.2 Å². The van der Waals surface area contributed by atoms with Crippen molar-refractivity contribution >= 4 is 0 Å². The average Bonchev–Trinajstić information content (AvgIpc) is 2.06. The summed E-state index contributed by atoms with van der Waals surface area (Å²) >= 11 is 0. The van der Waals surface area contributed by atoms with Gasteiger partial charge in [-0.05, 0) is 19.0 Å². The van der Waals surface area contributed by atoms with Crippen LogP contribution in [0.2, 0.25) is 0 Å². The molecule has 3 nitrogen and oxygen atoms in total. The molecule has 1 aromatic carbocycles. The van der Waals surface area contributed by atoms with Crippen molar-refractivity contribution < 1.29 is 14.2 Å². The number of phenolic OH excluding ortho intramolecular Hbond substituents is 1. The number of nitrogens with one attached hydrogen (secondary N) is 1. The highest BCUT2D eigenvalue weighted by Crippen LogP contribution is 2.34. The zero-order valence-corrected chi connectivity index (χ0v) is 7.88. The van der Waals surface area contributed by atoms with Gasteiger partial charge in [0.15, 0.2) is 11.5 Å². The van der Waals surface area contributed by atoms with Crippen LogP contribution in [0.3, 0.4) is 0 Å². The van der Waals surface area contributed by atoms with Crippen molar-refractivity contribution in [2.45, 2.75) is 12.5 Å². The Morgan fingerprint density at radius 1 is 1.57 bits per heavy atom. The molecule has 0 aliphatic carbocycles. The molecule has 1 fully saturated rings. The monoisotopic (exact) mass is 197 g/mol. The molecule has 0 saturated carbocycles. The first-order valence-corrected chi connectivity index (χ1v) is 4.52. The van der Waals surface area contributed by atoms with E-state index >= 15 is 0 Å². The van der Waals surface area contributed by atoms with E-state index in [4.69, 9.17) is 4.74 Å². The van der Waals surface area contributed by atoms with Gasteiger partial charge in [0.25, 0.3) is 0 Å². The number of methoxy groups -OCH3 is 1. The van der Waals surface area contributed by atoms with Crippen molar-refractivity contribution in [3.05, 3.63) is 23.5 Å². The molecule has 1 saturated heterocycles. The first kappa shape index (κ1) is 9.27. The minimum atomic E-state index is -0.388. The number of hydrogen-bond donors (Lipinski definition) is 2. The van der Waals surface area contributed by atoms with Crippen LogP contribution in [-0.2, 0) is 0 Å². The van der Waals surface area contributed by atoms with Crippen LogP contribution in [0.25, 0.3) is 0 Å². The van der Waals surface area contributed by atoms with Crippen molar-refractivity contribution in [3.8, 4) is 11.5 Å². The molecule has 4 heteroatoms. The molecule has 1 heterocycles. The Balaban J connectivity index is 2.38. The fourth-order valence-electron chi connectivity index (χ4n) is 1.54. The van der Waals surface area contributed by atoms with E-state index in [9.17, 15) is 9.50 Å². The lowest BCUT2D eigenvalue weighted by Crippen LogP contribution is -2.35. The molecule has 1 atom stereocenters. The highest BCUT2D eigenvalue weighted by molar-refractivity contribution is 5.44. The van der Waals surface area contributed by atoms with Crippen LogP contribution in [0.5, 0.6) is 11.5 Å². The summed E-state index contributed by atoms with van der Waals surface area (Å²) in [4.78, 5) is 0. The van der Waals surface area contributed by atoms with Crippen LogP contribution in [0.1, 0.15) is 18.0 Å². The van der Waals surface area contributed by atoms with E-state index < -0.39 is 0 Å². The number of aromatic hydroxyl groups is 1. The molecule has 0 bridgehead atoms. The Labute approximate surface area is 81.5 Å². The number of ether oxygens (including phenoxy) is 1. The lowest BCUT2D eigenvalue weighted by atomic mass is 9.97. The first-order chi connectivity index (χ1) is 6.72. The lowest BCUT2D eigenvalue weighted by Gasteiger charge is -2.28. The smallest absolute Gasteiger partial charge is 0.161 e. The predicted octanol–water partition coefficient (Wildman–Crippen LogP) is 1.57. The van der Waals surface area contributed by atoms with Crippen molar-refractivity contribution in [1.29, 1.82) is 0 Å². The standard InChI is InChI=1S/C10H12FNO2/c1-14-10-4-6(8-2-3-12-8)7(11)5-9(10)13/h4-5,8,12-13H,2-3H2,1H3/t8-/m1/s1. The lowest BCUT2D eigenvalue weighted by molar-refractivity contribution is 0.351. The zero-order chi connectivity index (χ0) is 10.1. The third kappa shape index (κ3) is 1.42. The Kier molecular flexibility index (Phi) is 2.29. The molecule has 2 N–H and O–H groups in total. The van der Waals surface area contributed by atoms with Crippen molar-refractivity contribution in [2.75, 3.05) is 13.7 Å². The van der Waals surface area contributed by atoms with E-state index in [1.807, 2.05) is 0 Å². The average molecular weight is 197 g/mol. The summed E-state index contributed by atoms with van der Waals surface area (Å²) in [5.41, 5.74) is 0.561. The van der Waals surface area contributed by atoms with Gasteiger partial charge in [-0.25, -0.2) is 4.39 Å². The highest BCUT2D eigenvalue weighted by atomic mass is 19.1. The van der Waals surface area contributed by atoms with Gasteiger partial charge in [0.2, 0.25) is 0 Å². The maximum Gasteiger partial charge on any atom is 0.161 e. The van der Waals surface area contributed by atoms with Gasteiger partial charge in [-0.15, -0.1) is 0 Å². The summed E-state index contributed by atoms with van der Waals surface area (Å²) in [5, 5.41) is 12.4. The Morgan fingerprint density at radius 3 is 2.79 bits per heavy atom. The summed E-state index contributed by atoms with van der Waals surface area (Å²) < 4.78 is 18.3. The number of rotatable bonds is 2. The van der Waals surface area contributed by atoms with Crippen molar-refractivity contribution in [1.82, 2.24) is 5.32 Å². The Bertz CT molecular complexity index is 350. The quantitative estimate of drug-likeness (QED) is 0.756. The molecular formula is C10H12FNO2. The topological polar surface area (TPSA) is 41.5 Å². The maximum atomic E-state index is 13.4. The molecule has 1 aromatic rings. The summed E-state index contributed by atoms with van der Waals surface area (Å²) in [6, 6.07) is 2.69. The fraction of sp³-hybridized carbons (Fsp3) is 0.400. The van der Waals surface area contributed by atoms with Crippen LogP contribution in [0.4, 0.5) is 4.39 Å². The summed E-state index contributed by atoms with van der Waals surface area (Å²) in [7, 11) is 1.45. The van der Waals surface area contributed by atoms with E-state index in [0.717, 1.165) is 19.0 Å². The van der Waals surface area contributed by atoms with Gasteiger partial charge in [0.05, 0.1) is 7.11 Å². The van der Waals surface area contributed by atoms with Crippen molar-refractivity contribution in [3.63, 3.8) is 0 Å². The molecule has 0 unspecified atom stereocenters. The second-order valence-electron chi connectivity index (χ2n) is 3.34. The van der Waals surface area contributed by atoms with E-state index in [1.165, 1.54) is 7.11 Å². The second kappa shape index (κ2) is 3.46. The minimum Gasteiger partial charge on any atom is -0.504 e. The van der Waals surface area contributed by atoms with Gasteiger partial charge in [-0.3, -0.25) is 0 Å². The molecule has 14 heavy (non-hydrogen) atoms. The molecule has 0 radical (unpaired) electrons. The van der Waals surface area contributed by atoms with Gasteiger partial charge in [0.1, 0.15) is 5.82 Å². The van der Waals surface area contributed by atoms with Gasteiger partial charge in [0, 0.05) is 17.7 Å². The van der Waals surface area contributed by atoms with E-state index in [0.29, 0.717) is 11.3 Å². The largest absolute Gasteiger partial charge is 0.504 e. The van der Waals surface area contributed by atoms with Crippen LogP contribution >= 0.6 is 0 Å². The molecule has 0 spiro atoms. The summed E-state index contributed by atoms with van der Waals surface area (Å²) in [6.45, 7) is 0.910. The zero-order valence-electron chi connectivity index (χ0n) is 7.88. The Hall–Kier alpha value is -1.29. The second-order valence-corrected chi connectivity index (χ2v) is 3.34. The molecule has 2 rings (SSSR count). The van der Waals surface area contributed by atoms with Crippen LogP contribution in [-0.4, -0.2) is 18.8 Å². The predicted molar refractivity (Wildman–Crippen MR) is 50.0 cm³/mol. The normalized spacial score (nSPS) is 20.3. The number of benzene rings is 1. The highest BCUT2D eigenvalue weighted by Gasteiger charge is 2.23. The number of hydrogen-bond acceptors (Lipinski definition) is 3. The van der Waals surface area contributed by atoms with Crippen molar-refractivity contribution in [2.24, 2.45) is 0 Å². The third-order valence-corrected chi connectivity index (χ3v) is 2.50. The van der Waals surface area contributed by atoms with Crippen LogP contribution < -0.4 is 10.1 Å². The van der Waals surface area contributed by atoms with Crippen LogP contribution in [0, 0.1) is 5.82 Å². The third-order valence-electron chi connectivity index (χ3n) is 2.50. The SMILES string of the molecule is COc1cc([C@H]2CCN2)c(F)cc1O. The molecule has 1 aliphatic rings. The number of phenols is 1. The first-order valence-electron chi connectivity index (χ1n) is 4.52. The van der Waals surface area contributed by atoms with E-state index in [-0.39, 0.29) is 17.6 Å². The Morgan fingerprint density at radius 2 is 2.29 bits per heavy atom. The fourth-order valence-corrected chi connectivity index (χ4v) is 1.54. The molecule has 0 aromatic heterocycles. The summed E-state index contributed by atoms with van der Waals surface area (Å²) in [5.74, 6) is -0.233. The molecular weight excluding hydrogens is 185 g/mol. The van der Waals surface area contributed by atoms with Gasteiger partial charge in [-0.1, -0.05) is 0 Å². The van der Waals surface area contributed by atoms with Gasteiger partial charge >= 0.3 is 0 Å². The van der Waals surface area contributed by atoms with Crippen LogP contribution in [0.15, 0.2) is 12.1 Å². The van der Waals surface area contributed by atoms with E-state index in [2.05, 4.69) is 5.32 Å². The molecule has 1 aliphatic heterocycles. The number of halogens is 1. The van der Waals surface area contributed by atoms with E-state index in [1.54, 1.807) is 6.07 Å². The summed E-state index contributed by atoms with van der Waals surface area (Å²) in [6.07, 6.45) is 0.921. The minimum absolute atomic E-state index is 0.0597. The maximum absolute atomic E-state index is 13.4. The molecule has 76 valence electrons. The van der Waals surface area contributed by atoms with Gasteiger partial charge in [-0.2, -0.15) is 0 Å². The molecule has 0 amide bonds.